The SMILES string of the molecule is CC[C@@H](C)NC(=O)N1CCC(N2CCN(Cc3ccccc3)C(=O)C2=O)CC1. The number of likely N-dealkylation sites (tertiary alicyclic amines) is 1. The van der Waals surface area contributed by atoms with Crippen LogP contribution in [0.15, 0.2) is 30.3 Å². The van der Waals surface area contributed by atoms with Crippen molar-refractivity contribution in [2.24, 2.45) is 0 Å². The third-order valence-electron chi connectivity index (χ3n) is 5.73. The van der Waals surface area contributed by atoms with Gasteiger partial charge in [-0.1, -0.05) is 37.3 Å². The van der Waals surface area contributed by atoms with E-state index in [0.29, 0.717) is 45.6 Å². The van der Waals surface area contributed by atoms with Crippen LogP contribution in [0.5, 0.6) is 0 Å². The predicted octanol–water partition coefficient (Wildman–Crippen LogP) is 1.83. The minimum Gasteiger partial charge on any atom is -0.336 e. The fraction of sp³-hybridized carbons (Fsp3) is 0.571. The Hall–Kier alpha value is -2.57. The van der Waals surface area contributed by atoms with Gasteiger partial charge in [-0.3, -0.25) is 9.59 Å². The maximum absolute atomic E-state index is 12.7. The first-order chi connectivity index (χ1) is 13.5. The highest BCUT2D eigenvalue weighted by molar-refractivity contribution is 6.35. The molecule has 0 aliphatic carbocycles. The highest BCUT2D eigenvalue weighted by Crippen LogP contribution is 2.20. The van der Waals surface area contributed by atoms with E-state index >= 15 is 0 Å². The number of piperidine rings is 1. The molecule has 0 bridgehead atoms. The van der Waals surface area contributed by atoms with Crippen molar-refractivity contribution in [3.8, 4) is 0 Å². The molecule has 152 valence electrons. The van der Waals surface area contributed by atoms with Crippen LogP contribution in [-0.2, 0) is 16.1 Å². The maximum atomic E-state index is 12.7. The summed E-state index contributed by atoms with van der Waals surface area (Å²) in [5.41, 5.74) is 1.03. The Morgan fingerprint density at radius 1 is 1.07 bits per heavy atom. The number of rotatable bonds is 5. The molecule has 0 spiro atoms. The van der Waals surface area contributed by atoms with E-state index in [1.54, 1.807) is 14.7 Å². The van der Waals surface area contributed by atoms with Crippen LogP contribution in [-0.4, -0.2) is 70.8 Å². The van der Waals surface area contributed by atoms with Crippen LogP contribution >= 0.6 is 0 Å². The zero-order chi connectivity index (χ0) is 20.1. The van der Waals surface area contributed by atoms with Crippen LogP contribution in [0.3, 0.4) is 0 Å². The van der Waals surface area contributed by atoms with Crippen LogP contribution < -0.4 is 5.32 Å². The van der Waals surface area contributed by atoms with E-state index in [4.69, 9.17) is 0 Å². The molecule has 2 aliphatic heterocycles. The van der Waals surface area contributed by atoms with Gasteiger partial charge in [0.15, 0.2) is 0 Å². The molecule has 7 nitrogen and oxygen atoms in total. The smallest absolute Gasteiger partial charge is 0.317 e. The average Bonchev–Trinajstić information content (AvgIpc) is 2.72. The molecule has 3 rings (SSSR count). The number of carbonyl (C=O) groups is 3. The van der Waals surface area contributed by atoms with Crippen molar-refractivity contribution < 1.29 is 14.4 Å². The van der Waals surface area contributed by atoms with Crippen LogP contribution in [0.2, 0.25) is 0 Å². The number of amides is 4. The summed E-state index contributed by atoms with van der Waals surface area (Å²) in [5.74, 6) is -0.836. The van der Waals surface area contributed by atoms with Crippen molar-refractivity contribution in [1.29, 1.82) is 0 Å². The van der Waals surface area contributed by atoms with Gasteiger partial charge in [0.05, 0.1) is 0 Å². The van der Waals surface area contributed by atoms with E-state index in [2.05, 4.69) is 5.32 Å². The van der Waals surface area contributed by atoms with Gasteiger partial charge in [0.25, 0.3) is 0 Å². The molecule has 0 unspecified atom stereocenters. The first kappa shape index (κ1) is 20.2. The molecule has 2 fully saturated rings. The lowest BCUT2D eigenvalue weighted by Crippen LogP contribution is -2.59. The Balaban J connectivity index is 1.52. The van der Waals surface area contributed by atoms with Gasteiger partial charge in [-0.25, -0.2) is 4.79 Å². The largest absolute Gasteiger partial charge is 0.336 e. The zero-order valence-corrected chi connectivity index (χ0v) is 16.8. The lowest BCUT2D eigenvalue weighted by atomic mass is 10.0. The van der Waals surface area contributed by atoms with Crippen LogP contribution in [0, 0.1) is 0 Å². The second kappa shape index (κ2) is 9.08. The van der Waals surface area contributed by atoms with Crippen molar-refractivity contribution in [1.82, 2.24) is 20.0 Å². The van der Waals surface area contributed by atoms with E-state index < -0.39 is 11.8 Å². The van der Waals surface area contributed by atoms with Crippen molar-refractivity contribution in [3.05, 3.63) is 35.9 Å². The van der Waals surface area contributed by atoms with E-state index in [1.807, 2.05) is 44.2 Å². The summed E-state index contributed by atoms with van der Waals surface area (Å²) >= 11 is 0. The second-order valence-corrected chi connectivity index (χ2v) is 7.69. The number of benzene rings is 1. The fourth-order valence-electron chi connectivity index (χ4n) is 3.78. The number of nitrogens with zero attached hydrogens (tertiary/aromatic N) is 3. The Morgan fingerprint density at radius 2 is 1.75 bits per heavy atom. The molecule has 0 radical (unpaired) electrons. The quantitative estimate of drug-likeness (QED) is 0.785. The van der Waals surface area contributed by atoms with E-state index in [9.17, 15) is 14.4 Å². The molecular weight excluding hydrogens is 356 g/mol. The summed E-state index contributed by atoms with van der Waals surface area (Å²) in [4.78, 5) is 42.6. The summed E-state index contributed by atoms with van der Waals surface area (Å²) in [5, 5.41) is 2.98. The lowest BCUT2D eigenvalue weighted by molar-refractivity contribution is -0.158. The van der Waals surface area contributed by atoms with Gasteiger partial charge in [0.2, 0.25) is 0 Å². The lowest BCUT2D eigenvalue weighted by Gasteiger charge is -2.42. The molecule has 1 atom stereocenters. The third kappa shape index (κ3) is 4.64. The third-order valence-corrected chi connectivity index (χ3v) is 5.73. The van der Waals surface area contributed by atoms with Crippen molar-refractivity contribution in [3.63, 3.8) is 0 Å². The number of hydrogen-bond donors (Lipinski definition) is 1. The first-order valence-electron chi connectivity index (χ1n) is 10.2. The molecule has 7 heteroatoms. The zero-order valence-electron chi connectivity index (χ0n) is 16.8. The molecule has 2 saturated heterocycles. The topological polar surface area (TPSA) is 73.0 Å². The first-order valence-corrected chi connectivity index (χ1v) is 10.2. The molecule has 2 aliphatic rings. The highest BCUT2D eigenvalue weighted by Gasteiger charge is 2.38. The monoisotopic (exact) mass is 386 g/mol. The van der Waals surface area contributed by atoms with Crippen molar-refractivity contribution >= 4 is 17.8 Å². The van der Waals surface area contributed by atoms with E-state index in [0.717, 1.165) is 12.0 Å². The van der Waals surface area contributed by atoms with E-state index in [1.165, 1.54) is 0 Å². The summed E-state index contributed by atoms with van der Waals surface area (Å²) in [6.45, 7) is 6.82. The summed E-state index contributed by atoms with van der Waals surface area (Å²) in [7, 11) is 0. The Morgan fingerprint density at radius 3 is 2.39 bits per heavy atom. The van der Waals surface area contributed by atoms with Gasteiger partial charge in [-0.05, 0) is 31.7 Å². The second-order valence-electron chi connectivity index (χ2n) is 7.69. The Kier molecular flexibility index (Phi) is 6.54. The van der Waals surface area contributed by atoms with Crippen LogP contribution in [0.1, 0.15) is 38.7 Å². The highest BCUT2D eigenvalue weighted by atomic mass is 16.2. The number of piperazine rings is 1. The molecule has 28 heavy (non-hydrogen) atoms. The predicted molar refractivity (Wildman–Crippen MR) is 106 cm³/mol. The van der Waals surface area contributed by atoms with Gasteiger partial charge < -0.3 is 20.0 Å². The van der Waals surface area contributed by atoms with E-state index in [-0.39, 0.29) is 18.1 Å². The molecule has 0 saturated carbocycles. The summed E-state index contributed by atoms with van der Waals surface area (Å²) in [6, 6.07) is 9.87. The van der Waals surface area contributed by atoms with Gasteiger partial charge in [0, 0.05) is 44.8 Å². The number of nitrogens with one attached hydrogen (secondary N) is 1. The van der Waals surface area contributed by atoms with Gasteiger partial charge in [0.1, 0.15) is 0 Å². The Labute approximate surface area is 166 Å². The van der Waals surface area contributed by atoms with Crippen LogP contribution in [0.4, 0.5) is 4.79 Å². The Bertz CT molecular complexity index is 701. The number of carbonyl (C=O) groups excluding carboxylic acids is 3. The molecule has 1 N–H and O–H groups in total. The average molecular weight is 386 g/mol. The molecular formula is C21H30N4O3. The minimum absolute atomic E-state index is 0.0305. The van der Waals surface area contributed by atoms with Gasteiger partial charge >= 0.3 is 17.8 Å². The summed E-state index contributed by atoms with van der Waals surface area (Å²) in [6.07, 6.45) is 2.32. The standard InChI is InChI=1S/C21H30N4O3/c1-3-16(2)22-21(28)23-11-9-18(10-12-23)25-14-13-24(19(26)20(25)27)15-17-7-5-4-6-8-17/h4-8,16,18H,3,9-15H2,1-2H3,(H,22,28)/t16-/m1/s1. The number of urea groups is 1. The minimum atomic E-state index is -0.424. The maximum Gasteiger partial charge on any atom is 0.317 e. The molecule has 4 amide bonds. The fourth-order valence-corrected chi connectivity index (χ4v) is 3.78. The molecule has 0 aromatic heterocycles. The van der Waals surface area contributed by atoms with Crippen molar-refractivity contribution in [2.45, 2.75) is 51.7 Å². The van der Waals surface area contributed by atoms with Gasteiger partial charge in [-0.15, -0.1) is 0 Å². The van der Waals surface area contributed by atoms with Crippen LogP contribution in [0.25, 0.3) is 0 Å². The molecule has 1 aromatic carbocycles. The summed E-state index contributed by atoms with van der Waals surface area (Å²) < 4.78 is 0. The normalized spacial score (nSPS) is 19.7. The molecule has 2 heterocycles. The van der Waals surface area contributed by atoms with Gasteiger partial charge in [-0.2, -0.15) is 0 Å². The number of hydrogen-bond acceptors (Lipinski definition) is 3. The van der Waals surface area contributed by atoms with Crippen molar-refractivity contribution in [2.75, 3.05) is 26.2 Å². The molecule has 1 aromatic rings.